The van der Waals surface area contributed by atoms with Crippen LogP contribution < -0.4 is 10.5 Å². The minimum atomic E-state index is -0.248. The number of likely N-dealkylation sites (N-methyl/N-ethyl adjacent to an activating group) is 1. The van der Waals surface area contributed by atoms with Crippen molar-refractivity contribution in [1.29, 1.82) is 5.26 Å². The third-order valence-corrected chi connectivity index (χ3v) is 8.47. The first kappa shape index (κ1) is 25.0. The van der Waals surface area contributed by atoms with Gasteiger partial charge < -0.3 is 9.80 Å². The number of aromatic nitrogens is 1. The summed E-state index contributed by atoms with van der Waals surface area (Å²) in [6, 6.07) is 2.30. The molecule has 34 heavy (non-hydrogen) atoms. The molecule has 3 heterocycles. The molecule has 0 radical (unpaired) electrons. The van der Waals surface area contributed by atoms with E-state index in [0.29, 0.717) is 21.3 Å². The molecule has 0 N–H and O–H groups in total. The Balaban J connectivity index is 1.83. The van der Waals surface area contributed by atoms with Crippen molar-refractivity contribution in [3.8, 4) is 6.07 Å². The van der Waals surface area contributed by atoms with Gasteiger partial charge in [0.05, 0.1) is 4.91 Å². The summed E-state index contributed by atoms with van der Waals surface area (Å²) in [5.74, 6) is 0.775. The van der Waals surface area contributed by atoms with Crippen LogP contribution in [0.4, 0.5) is 5.82 Å². The average molecular weight is 500 g/mol. The van der Waals surface area contributed by atoms with E-state index in [1.807, 2.05) is 24.8 Å². The Labute approximate surface area is 211 Å². The Bertz CT molecular complexity index is 1110. The number of piperazine rings is 1. The number of carbonyl (C=O) groups is 1. The molecule has 1 amide bonds. The summed E-state index contributed by atoms with van der Waals surface area (Å²) in [6.07, 6.45) is 8.11. The maximum absolute atomic E-state index is 13.5. The van der Waals surface area contributed by atoms with Crippen molar-refractivity contribution in [2.75, 3.05) is 38.1 Å². The van der Waals surface area contributed by atoms with Gasteiger partial charge in [0.25, 0.3) is 11.5 Å². The van der Waals surface area contributed by atoms with E-state index in [9.17, 15) is 14.9 Å². The quantitative estimate of drug-likeness (QED) is 0.452. The molecule has 3 aliphatic rings. The van der Waals surface area contributed by atoms with Crippen LogP contribution in [-0.4, -0.2) is 63.9 Å². The number of amides is 1. The Morgan fingerprint density at radius 1 is 1.15 bits per heavy atom. The fraction of sp³-hybridized carbons (Fsp3) is 0.600. The molecule has 1 aliphatic carbocycles. The number of hydrogen-bond acceptors (Lipinski definition) is 7. The molecule has 1 aromatic rings. The minimum Gasteiger partial charge on any atom is -0.355 e. The van der Waals surface area contributed by atoms with E-state index in [4.69, 9.17) is 12.2 Å². The third-order valence-electron chi connectivity index (χ3n) is 7.14. The van der Waals surface area contributed by atoms with Crippen LogP contribution in [0.15, 0.2) is 9.70 Å². The first-order valence-electron chi connectivity index (χ1n) is 12.2. The van der Waals surface area contributed by atoms with E-state index in [2.05, 4.69) is 22.9 Å². The summed E-state index contributed by atoms with van der Waals surface area (Å²) in [7, 11) is 2.10. The van der Waals surface area contributed by atoms with Crippen molar-refractivity contribution < 1.29 is 4.79 Å². The summed E-state index contributed by atoms with van der Waals surface area (Å²) < 4.78 is 2.36. The van der Waals surface area contributed by atoms with E-state index in [0.717, 1.165) is 69.7 Å². The van der Waals surface area contributed by atoms with Gasteiger partial charge in [-0.15, -0.1) is 0 Å². The second-order valence-corrected chi connectivity index (χ2v) is 11.1. The van der Waals surface area contributed by atoms with Crippen molar-refractivity contribution in [1.82, 2.24) is 14.4 Å². The average Bonchev–Trinajstić information content (AvgIpc) is 3.11. The van der Waals surface area contributed by atoms with E-state index in [-0.39, 0.29) is 23.1 Å². The molecule has 1 saturated carbocycles. The molecule has 182 valence electrons. The van der Waals surface area contributed by atoms with Crippen LogP contribution in [0.25, 0.3) is 6.08 Å². The molecule has 1 aromatic heterocycles. The number of thioether (sulfide) groups is 1. The van der Waals surface area contributed by atoms with Gasteiger partial charge in [-0.05, 0) is 44.9 Å². The first-order valence-corrected chi connectivity index (χ1v) is 13.5. The van der Waals surface area contributed by atoms with Gasteiger partial charge in [0, 0.05) is 44.3 Å². The van der Waals surface area contributed by atoms with Crippen LogP contribution in [0.3, 0.4) is 0 Å². The van der Waals surface area contributed by atoms with Crippen LogP contribution >= 0.6 is 24.0 Å². The predicted octanol–water partition coefficient (Wildman–Crippen LogP) is 3.72. The number of thiocarbonyl (C=S) groups is 1. The molecule has 0 atom stereocenters. The smallest absolute Gasteiger partial charge is 0.270 e. The molecule has 0 unspecified atom stereocenters. The number of anilines is 1. The Hall–Kier alpha value is -2.15. The minimum absolute atomic E-state index is 0.0441. The molecule has 7 nitrogen and oxygen atoms in total. The van der Waals surface area contributed by atoms with Gasteiger partial charge in [-0.1, -0.05) is 50.2 Å². The first-order chi connectivity index (χ1) is 16.4. The van der Waals surface area contributed by atoms with Crippen LogP contribution in [0, 0.1) is 18.3 Å². The van der Waals surface area contributed by atoms with Crippen molar-refractivity contribution in [2.24, 2.45) is 0 Å². The summed E-state index contributed by atoms with van der Waals surface area (Å²) in [4.78, 5) is 33.7. The van der Waals surface area contributed by atoms with Gasteiger partial charge in [-0.3, -0.25) is 19.1 Å². The normalized spacial score (nSPS) is 21.5. The number of nitrogens with zero attached hydrogens (tertiary/aromatic N) is 5. The Morgan fingerprint density at radius 2 is 1.82 bits per heavy atom. The van der Waals surface area contributed by atoms with Crippen LogP contribution in [-0.2, 0) is 11.3 Å². The Morgan fingerprint density at radius 3 is 2.44 bits per heavy atom. The summed E-state index contributed by atoms with van der Waals surface area (Å²) in [5.41, 5.74) is 1.33. The van der Waals surface area contributed by atoms with Crippen molar-refractivity contribution >= 4 is 46.1 Å². The maximum Gasteiger partial charge on any atom is 0.270 e. The third kappa shape index (κ3) is 4.68. The second kappa shape index (κ2) is 10.6. The zero-order chi connectivity index (χ0) is 24.4. The summed E-state index contributed by atoms with van der Waals surface area (Å²) in [6.45, 7) is 7.73. The zero-order valence-corrected chi connectivity index (χ0v) is 21.9. The van der Waals surface area contributed by atoms with Gasteiger partial charge in [0.1, 0.15) is 21.8 Å². The van der Waals surface area contributed by atoms with Crippen molar-refractivity contribution in [2.45, 2.75) is 65.0 Å². The topological polar surface area (TPSA) is 72.6 Å². The van der Waals surface area contributed by atoms with Gasteiger partial charge in [0.2, 0.25) is 0 Å². The van der Waals surface area contributed by atoms with E-state index in [1.54, 1.807) is 4.57 Å². The molecular formula is C25H33N5O2S2. The molecular weight excluding hydrogens is 466 g/mol. The monoisotopic (exact) mass is 499 g/mol. The molecule has 0 spiro atoms. The van der Waals surface area contributed by atoms with Crippen molar-refractivity contribution in [3.05, 3.63) is 31.9 Å². The lowest BCUT2D eigenvalue weighted by atomic mass is 9.94. The van der Waals surface area contributed by atoms with Crippen molar-refractivity contribution in [3.63, 3.8) is 0 Å². The largest absolute Gasteiger partial charge is 0.355 e. The zero-order valence-electron chi connectivity index (χ0n) is 20.3. The number of pyridine rings is 1. The summed E-state index contributed by atoms with van der Waals surface area (Å²) >= 11 is 6.98. The SMILES string of the molecule is CCCn1c(N2CCN(C)CC2)c(/C=C2\SC(=S)N(C3CCCCC3)C2=O)c(C)c(C#N)c1=O. The number of carbonyl (C=O) groups excluding carboxylic acids is 1. The maximum atomic E-state index is 13.5. The molecule has 0 aromatic carbocycles. The lowest BCUT2D eigenvalue weighted by Crippen LogP contribution is -2.47. The molecule has 2 saturated heterocycles. The van der Waals surface area contributed by atoms with Crippen LogP contribution in [0.5, 0.6) is 0 Å². The van der Waals surface area contributed by atoms with Gasteiger partial charge >= 0.3 is 0 Å². The van der Waals surface area contributed by atoms with E-state index in [1.165, 1.54) is 18.2 Å². The standard InChI is InChI=1S/C25H33N5O2S2/c1-4-10-29-22(28-13-11-27(3)12-14-28)19(17(2)20(16-26)23(29)31)15-21-24(32)30(25(33)34-21)18-8-6-5-7-9-18/h15,18H,4-14H2,1-3H3/b21-15-. The number of rotatable bonds is 5. The number of nitriles is 1. The second-order valence-electron chi connectivity index (χ2n) is 9.44. The highest BCUT2D eigenvalue weighted by atomic mass is 32.2. The molecule has 4 rings (SSSR count). The lowest BCUT2D eigenvalue weighted by Gasteiger charge is -2.36. The van der Waals surface area contributed by atoms with E-state index >= 15 is 0 Å². The van der Waals surface area contributed by atoms with Gasteiger partial charge in [-0.25, -0.2) is 0 Å². The highest BCUT2D eigenvalue weighted by Crippen LogP contribution is 2.39. The fourth-order valence-corrected chi connectivity index (χ4v) is 6.58. The molecule has 2 aliphatic heterocycles. The molecule has 9 heteroatoms. The fourth-order valence-electron chi connectivity index (χ4n) is 5.20. The highest BCUT2D eigenvalue weighted by molar-refractivity contribution is 8.26. The van der Waals surface area contributed by atoms with Crippen LogP contribution in [0.2, 0.25) is 0 Å². The number of hydrogen-bond donors (Lipinski definition) is 0. The lowest BCUT2D eigenvalue weighted by molar-refractivity contribution is -0.124. The van der Waals surface area contributed by atoms with Gasteiger partial charge in [-0.2, -0.15) is 5.26 Å². The predicted molar refractivity (Wildman–Crippen MR) is 142 cm³/mol. The highest BCUT2D eigenvalue weighted by Gasteiger charge is 2.38. The van der Waals surface area contributed by atoms with Crippen LogP contribution in [0.1, 0.15) is 62.1 Å². The Kier molecular flexibility index (Phi) is 7.80. The summed E-state index contributed by atoms with van der Waals surface area (Å²) in [5, 5.41) is 9.81. The van der Waals surface area contributed by atoms with Gasteiger partial charge in [0.15, 0.2) is 0 Å². The molecule has 3 fully saturated rings. The van der Waals surface area contributed by atoms with E-state index < -0.39 is 0 Å². The molecule has 0 bridgehead atoms.